The number of hydrogen-bond donors (Lipinski definition) is 1. The maximum Gasteiger partial charge on any atom is 0.494 e. The molecule has 2 rings (SSSR count). The van der Waals surface area contributed by atoms with Gasteiger partial charge in [-0.1, -0.05) is 20.8 Å². The second-order valence-electron chi connectivity index (χ2n) is 9.07. The first-order chi connectivity index (χ1) is 10.1. The van der Waals surface area contributed by atoms with E-state index in [1.807, 2.05) is 39.8 Å². The van der Waals surface area contributed by atoms with Crippen LogP contribution in [0.15, 0.2) is 12.1 Å². The van der Waals surface area contributed by atoms with Gasteiger partial charge in [0.1, 0.15) is 5.60 Å². The number of aromatic nitrogens is 1. The van der Waals surface area contributed by atoms with Crippen molar-refractivity contribution in [1.29, 1.82) is 0 Å². The van der Waals surface area contributed by atoms with Crippen LogP contribution < -0.4 is 5.46 Å². The van der Waals surface area contributed by atoms with Crippen molar-refractivity contribution in [3.8, 4) is 0 Å². The minimum absolute atomic E-state index is 0.125. The third-order valence-electron chi connectivity index (χ3n) is 4.77. The summed E-state index contributed by atoms with van der Waals surface area (Å²) < 4.78 is 12.3. The van der Waals surface area contributed by atoms with Crippen molar-refractivity contribution in [3.05, 3.63) is 23.5 Å². The van der Waals surface area contributed by atoms with E-state index < -0.39 is 23.9 Å². The van der Waals surface area contributed by atoms with Crippen molar-refractivity contribution in [1.82, 2.24) is 4.98 Å². The zero-order chi connectivity index (χ0) is 17.8. The number of nitrogens with zero attached hydrogens (tertiary/aromatic N) is 1. The van der Waals surface area contributed by atoms with Crippen LogP contribution >= 0.6 is 0 Å². The van der Waals surface area contributed by atoms with Gasteiger partial charge in [-0.25, -0.2) is 0 Å². The number of rotatable bonds is 2. The fourth-order valence-electron chi connectivity index (χ4n) is 2.36. The minimum atomic E-state index is -1.01. The maximum absolute atomic E-state index is 10.4. The molecule has 1 aliphatic heterocycles. The van der Waals surface area contributed by atoms with Gasteiger partial charge in [0.25, 0.3) is 0 Å². The SMILES string of the molecule is CC(C)(C)c1cc(B2OC(C)(C)C(C)(C)O2)cc(C(C)(C)O)n1. The van der Waals surface area contributed by atoms with Gasteiger partial charge in [0.15, 0.2) is 0 Å². The fraction of sp³-hybridized carbons (Fsp3) is 0.722. The van der Waals surface area contributed by atoms with E-state index in [-0.39, 0.29) is 5.41 Å². The largest absolute Gasteiger partial charge is 0.494 e. The summed E-state index contributed by atoms with van der Waals surface area (Å²) in [6.07, 6.45) is 0. The molecule has 1 aliphatic rings. The zero-order valence-corrected chi connectivity index (χ0v) is 15.9. The van der Waals surface area contributed by atoms with E-state index in [0.29, 0.717) is 5.69 Å². The van der Waals surface area contributed by atoms with E-state index in [4.69, 9.17) is 9.31 Å². The molecule has 5 heteroatoms. The van der Waals surface area contributed by atoms with E-state index in [9.17, 15) is 5.11 Å². The normalized spacial score (nSPS) is 20.9. The topological polar surface area (TPSA) is 51.6 Å². The standard InChI is InChI=1S/C18H30BNO3/c1-15(2,3)13-10-12(11-14(20-13)16(4,5)21)19-22-17(6,7)18(8,9)23-19/h10-11,21H,1-9H3. The first-order valence-corrected chi connectivity index (χ1v) is 8.24. The predicted molar refractivity (Wildman–Crippen MR) is 93.9 cm³/mol. The van der Waals surface area contributed by atoms with Gasteiger partial charge < -0.3 is 14.4 Å². The van der Waals surface area contributed by atoms with Gasteiger partial charge in [-0.3, -0.25) is 4.98 Å². The first-order valence-electron chi connectivity index (χ1n) is 8.24. The molecule has 1 aromatic rings. The molecule has 128 valence electrons. The van der Waals surface area contributed by atoms with Crippen molar-refractivity contribution in [2.45, 2.75) is 84.5 Å². The molecule has 0 unspecified atom stereocenters. The highest BCUT2D eigenvalue weighted by atomic mass is 16.7. The molecule has 0 radical (unpaired) electrons. The molecule has 0 saturated carbocycles. The third kappa shape index (κ3) is 3.62. The molecule has 1 saturated heterocycles. The van der Waals surface area contributed by atoms with E-state index >= 15 is 0 Å². The molecule has 23 heavy (non-hydrogen) atoms. The summed E-state index contributed by atoms with van der Waals surface area (Å²) in [5, 5.41) is 10.4. The Morgan fingerprint density at radius 2 is 1.35 bits per heavy atom. The summed E-state index contributed by atoms with van der Waals surface area (Å²) in [6, 6.07) is 3.91. The Morgan fingerprint density at radius 3 is 1.74 bits per heavy atom. The van der Waals surface area contributed by atoms with Crippen molar-refractivity contribution in [3.63, 3.8) is 0 Å². The minimum Gasteiger partial charge on any atom is -0.399 e. The Bertz CT molecular complexity index is 549. The summed E-state index contributed by atoms with van der Waals surface area (Å²) in [5.74, 6) is 0. The highest BCUT2D eigenvalue weighted by Gasteiger charge is 2.52. The monoisotopic (exact) mass is 319 g/mol. The van der Waals surface area contributed by atoms with Crippen molar-refractivity contribution >= 4 is 12.6 Å². The summed E-state index contributed by atoms with van der Waals surface area (Å²) in [4.78, 5) is 4.66. The Balaban J connectivity index is 2.51. The molecule has 1 fully saturated rings. The maximum atomic E-state index is 10.4. The predicted octanol–water partition coefficient (Wildman–Crippen LogP) is 2.91. The van der Waals surface area contributed by atoms with Crippen molar-refractivity contribution < 1.29 is 14.4 Å². The average molecular weight is 319 g/mol. The van der Waals surface area contributed by atoms with E-state index in [2.05, 4.69) is 25.8 Å². The Morgan fingerprint density at radius 1 is 0.913 bits per heavy atom. The van der Waals surface area contributed by atoms with Crippen LogP contribution in [0.1, 0.15) is 73.7 Å². The smallest absolute Gasteiger partial charge is 0.399 e. The van der Waals surface area contributed by atoms with Crippen LogP contribution in [0.5, 0.6) is 0 Å². The highest BCUT2D eigenvalue weighted by Crippen LogP contribution is 2.37. The lowest BCUT2D eigenvalue weighted by Crippen LogP contribution is -2.41. The van der Waals surface area contributed by atoms with E-state index in [1.165, 1.54) is 0 Å². The summed E-state index contributed by atoms with van der Waals surface area (Å²) in [6.45, 7) is 18.0. The van der Waals surface area contributed by atoms with Crippen LogP contribution in [-0.2, 0) is 20.3 Å². The second-order valence-corrected chi connectivity index (χ2v) is 9.07. The molecular weight excluding hydrogens is 289 g/mol. The lowest BCUT2D eigenvalue weighted by molar-refractivity contribution is 0.00578. The van der Waals surface area contributed by atoms with Crippen LogP contribution in [0.3, 0.4) is 0 Å². The van der Waals surface area contributed by atoms with Gasteiger partial charge in [0.2, 0.25) is 0 Å². The molecule has 2 heterocycles. The second kappa shape index (κ2) is 5.30. The molecule has 0 bridgehead atoms. The molecule has 0 amide bonds. The molecule has 0 aromatic carbocycles. The average Bonchev–Trinajstić information content (AvgIpc) is 2.56. The number of aliphatic hydroxyl groups is 1. The molecule has 0 spiro atoms. The Kier molecular flexibility index (Phi) is 4.25. The van der Waals surface area contributed by atoms with E-state index in [0.717, 1.165) is 11.2 Å². The highest BCUT2D eigenvalue weighted by molar-refractivity contribution is 6.62. The van der Waals surface area contributed by atoms with Gasteiger partial charge in [0, 0.05) is 11.1 Å². The third-order valence-corrected chi connectivity index (χ3v) is 4.77. The molecule has 4 nitrogen and oxygen atoms in total. The Labute approximate surface area is 140 Å². The van der Waals surface area contributed by atoms with Gasteiger partial charge >= 0.3 is 7.12 Å². The molecular formula is C18H30BNO3. The molecule has 1 N–H and O–H groups in total. The van der Waals surface area contributed by atoms with Crippen LogP contribution in [0.4, 0.5) is 0 Å². The lowest BCUT2D eigenvalue weighted by atomic mass is 9.76. The summed E-state index contributed by atoms with van der Waals surface area (Å²) in [5.41, 5.74) is 0.534. The van der Waals surface area contributed by atoms with Crippen molar-refractivity contribution in [2.75, 3.05) is 0 Å². The Hall–Kier alpha value is -0.905. The number of hydrogen-bond acceptors (Lipinski definition) is 4. The van der Waals surface area contributed by atoms with Gasteiger partial charge in [-0.15, -0.1) is 0 Å². The van der Waals surface area contributed by atoms with Crippen LogP contribution in [0, 0.1) is 0 Å². The fourth-order valence-corrected chi connectivity index (χ4v) is 2.36. The molecule has 1 aromatic heterocycles. The van der Waals surface area contributed by atoms with Crippen LogP contribution in [0.2, 0.25) is 0 Å². The molecule has 0 atom stereocenters. The lowest BCUT2D eigenvalue weighted by Gasteiger charge is -2.32. The summed E-state index contributed by atoms with van der Waals surface area (Å²) in [7, 11) is -0.454. The van der Waals surface area contributed by atoms with Crippen LogP contribution in [-0.4, -0.2) is 28.4 Å². The van der Waals surface area contributed by atoms with Gasteiger partial charge in [0.05, 0.1) is 16.9 Å². The van der Waals surface area contributed by atoms with Gasteiger partial charge in [-0.2, -0.15) is 0 Å². The number of pyridine rings is 1. The van der Waals surface area contributed by atoms with Crippen LogP contribution in [0.25, 0.3) is 0 Å². The van der Waals surface area contributed by atoms with Gasteiger partial charge in [-0.05, 0) is 59.1 Å². The van der Waals surface area contributed by atoms with E-state index in [1.54, 1.807) is 13.8 Å². The van der Waals surface area contributed by atoms with Crippen molar-refractivity contribution in [2.24, 2.45) is 0 Å². The molecule has 0 aliphatic carbocycles. The summed E-state index contributed by atoms with van der Waals surface area (Å²) >= 11 is 0. The zero-order valence-electron chi connectivity index (χ0n) is 15.9. The first kappa shape index (κ1) is 18.4. The quantitative estimate of drug-likeness (QED) is 0.852.